The Bertz CT molecular complexity index is 980. The summed E-state index contributed by atoms with van der Waals surface area (Å²) in [5, 5.41) is 5.28. The molecule has 1 unspecified atom stereocenters. The number of pyridine rings is 1. The minimum absolute atomic E-state index is 0.557. The SMILES string of the molecule is CC/C=C(/NC1=C(C)CCN(C2CCc3ccc(Cl)cc3C2)C1)c1cnccc1Cl. The Labute approximate surface area is 189 Å². The predicted octanol–water partition coefficient (Wildman–Crippen LogP) is 6.27. The number of nitrogens with one attached hydrogen (secondary N) is 1. The lowest BCUT2D eigenvalue weighted by atomic mass is 9.86. The Morgan fingerprint density at radius 1 is 1.23 bits per heavy atom. The predicted molar refractivity (Wildman–Crippen MR) is 127 cm³/mol. The largest absolute Gasteiger partial charge is 0.358 e. The zero-order valence-corrected chi connectivity index (χ0v) is 19.2. The second kappa shape index (κ2) is 9.55. The Balaban J connectivity index is 1.51. The summed E-state index contributed by atoms with van der Waals surface area (Å²) >= 11 is 12.7. The summed E-state index contributed by atoms with van der Waals surface area (Å²) in [5.74, 6) is 0. The highest BCUT2D eigenvalue weighted by Gasteiger charge is 2.28. The molecule has 2 heterocycles. The van der Waals surface area contributed by atoms with Gasteiger partial charge in [0.05, 0.1) is 5.02 Å². The van der Waals surface area contributed by atoms with Crippen molar-refractivity contribution in [1.82, 2.24) is 15.2 Å². The third kappa shape index (κ3) is 4.74. The normalized spacial score (nSPS) is 20.3. The van der Waals surface area contributed by atoms with Crippen molar-refractivity contribution in [3.8, 4) is 0 Å². The van der Waals surface area contributed by atoms with Gasteiger partial charge in [-0.2, -0.15) is 0 Å². The van der Waals surface area contributed by atoms with Crippen LogP contribution in [0.1, 0.15) is 49.8 Å². The zero-order valence-electron chi connectivity index (χ0n) is 17.7. The molecule has 0 saturated carbocycles. The highest BCUT2D eigenvalue weighted by atomic mass is 35.5. The summed E-state index contributed by atoms with van der Waals surface area (Å²) in [4.78, 5) is 6.91. The first-order chi connectivity index (χ1) is 14.5. The summed E-state index contributed by atoms with van der Waals surface area (Å²) in [7, 11) is 0. The van der Waals surface area contributed by atoms with Gasteiger partial charge in [0, 0.05) is 53.5 Å². The number of allylic oxidation sites excluding steroid dienone is 1. The molecular weight excluding hydrogens is 413 g/mol. The molecule has 1 aliphatic heterocycles. The van der Waals surface area contributed by atoms with Gasteiger partial charge in [0.15, 0.2) is 0 Å². The molecule has 0 saturated heterocycles. The van der Waals surface area contributed by atoms with Gasteiger partial charge >= 0.3 is 0 Å². The van der Waals surface area contributed by atoms with Crippen LogP contribution in [0.2, 0.25) is 10.0 Å². The molecule has 30 heavy (non-hydrogen) atoms. The molecular formula is C25H29Cl2N3. The monoisotopic (exact) mass is 441 g/mol. The van der Waals surface area contributed by atoms with Gasteiger partial charge < -0.3 is 5.32 Å². The molecule has 0 radical (unpaired) electrons. The van der Waals surface area contributed by atoms with E-state index in [0.717, 1.165) is 60.1 Å². The smallest absolute Gasteiger partial charge is 0.0529 e. The van der Waals surface area contributed by atoms with E-state index in [0.29, 0.717) is 6.04 Å². The van der Waals surface area contributed by atoms with Gasteiger partial charge in [-0.15, -0.1) is 0 Å². The van der Waals surface area contributed by atoms with Gasteiger partial charge in [0.1, 0.15) is 0 Å². The second-order valence-electron chi connectivity index (χ2n) is 8.30. The van der Waals surface area contributed by atoms with Crippen LogP contribution in [-0.2, 0) is 12.8 Å². The van der Waals surface area contributed by atoms with Crippen LogP contribution in [0.4, 0.5) is 0 Å². The summed E-state index contributed by atoms with van der Waals surface area (Å²) < 4.78 is 0. The van der Waals surface area contributed by atoms with E-state index < -0.39 is 0 Å². The zero-order chi connectivity index (χ0) is 21.1. The van der Waals surface area contributed by atoms with Crippen molar-refractivity contribution in [2.24, 2.45) is 0 Å². The van der Waals surface area contributed by atoms with Gasteiger partial charge in [-0.05, 0) is 68.4 Å². The third-order valence-corrected chi connectivity index (χ3v) is 6.85. The minimum atomic E-state index is 0.557. The van der Waals surface area contributed by atoms with Gasteiger partial charge in [0.2, 0.25) is 0 Å². The van der Waals surface area contributed by atoms with Gasteiger partial charge in [-0.25, -0.2) is 0 Å². The summed E-state index contributed by atoms with van der Waals surface area (Å²) in [6, 6.07) is 8.77. The minimum Gasteiger partial charge on any atom is -0.358 e. The Kier molecular flexibility index (Phi) is 6.82. The van der Waals surface area contributed by atoms with Crippen molar-refractivity contribution in [3.63, 3.8) is 0 Å². The van der Waals surface area contributed by atoms with Gasteiger partial charge in [-0.1, -0.05) is 47.8 Å². The number of aromatic nitrogens is 1. The molecule has 1 aromatic heterocycles. The number of benzene rings is 1. The van der Waals surface area contributed by atoms with Crippen LogP contribution < -0.4 is 5.32 Å². The molecule has 3 nitrogen and oxygen atoms in total. The van der Waals surface area contributed by atoms with Gasteiger partial charge in [-0.3, -0.25) is 9.88 Å². The van der Waals surface area contributed by atoms with Crippen molar-refractivity contribution in [2.75, 3.05) is 13.1 Å². The highest BCUT2D eigenvalue weighted by molar-refractivity contribution is 6.32. The standard InChI is InChI=1S/C25H29Cl2N3/c1-3-4-24(22-15-28-11-9-23(22)27)29-25-16-30(12-10-17(25)2)21-8-6-18-5-7-20(26)13-19(18)14-21/h4-5,7,9,11,13,15,21,29H,3,6,8,10,12,14,16H2,1-2H3/b24-4+. The maximum Gasteiger partial charge on any atom is 0.0529 e. The quantitative estimate of drug-likeness (QED) is 0.592. The van der Waals surface area contributed by atoms with Crippen molar-refractivity contribution in [3.05, 3.63) is 80.7 Å². The van der Waals surface area contributed by atoms with E-state index in [9.17, 15) is 0 Å². The third-order valence-electron chi connectivity index (χ3n) is 6.29. The summed E-state index contributed by atoms with van der Waals surface area (Å²) in [6.45, 7) is 6.43. The van der Waals surface area contributed by atoms with Crippen molar-refractivity contribution in [2.45, 2.75) is 52.0 Å². The lowest BCUT2D eigenvalue weighted by Crippen LogP contribution is -2.45. The number of hydrogen-bond acceptors (Lipinski definition) is 3. The van der Waals surface area contributed by atoms with Crippen LogP contribution in [0, 0.1) is 0 Å². The maximum atomic E-state index is 6.46. The first-order valence-corrected chi connectivity index (χ1v) is 11.6. The molecule has 5 heteroatoms. The number of rotatable bonds is 5. The molecule has 2 aliphatic rings. The van der Waals surface area contributed by atoms with E-state index in [1.165, 1.54) is 28.8 Å². The van der Waals surface area contributed by atoms with Crippen LogP contribution >= 0.6 is 23.2 Å². The number of hydrogen-bond donors (Lipinski definition) is 1. The summed E-state index contributed by atoms with van der Waals surface area (Å²) in [6.07, 6.45) is 11.2. The lowest BCUT2D eigenvalue weighted by Gasteiger charge is -2.39. The molecule has 4 rings (SSSR count). The number of aryl methyl sites for hydroxylation is 1. The van der Waals surface area contributed by atoms with Crippen LogP contribution in [-0.4, -0.2) is 29.0 Å². The molecule has 1 aliphatic carbocycles. The Hall–Kier alpha value is -1.81. The molecule has 0 fully saturated rings. The van der Waals surface area contributed by atoms with Crippen LogP contribution in [0.15, 0.2) is 54.0 Å². The number of halogens is 2. The van der Waals surface area contributed by atoms with E-state index in [4.69, 9.17) is 23.2 Å². The van der Waals surface area contributed by atoms with Crippen LogP contribution in [0.25, 0.3) is 5.70 Å². The molecule has 1 atom stereocenters. The van der Waals surface area contributed by atoms with E-state index in [-0.39, 0.29) is 0 Å². The molecule has 1 N–H and O–H groups in total. The van der Waals surface area contributed by atoms with Crippen LogP contribution in [0.3, 0.4) is 0 Å². The fraction of sp³-hybridized carbons (Fsp3) is 0.400. The van der Waals surface area contributed by atoms with E-state index in [1.807, 2.05) is 18.3 Å². The van der Waals surface area contributed by atoms with Crippen LogP contribution in [0.5, 0.6) is 0 Å². The first-order valence-electron chi connectivity index (χ1n) is 10.8. The fourth-order valence-corrected chi connectivity index (χ4v) is 4.93. The Morgan fingerprint density at radius 3 is 2.90 bits per heavy atom. The summed E-state index contributed by atoms with van der Waals surface area (Å²) in [5.41, 5.74) is 7.59. The molecule has 0 bridgehead atoms. The van der Waals surface area contributed by atoms with Crippen molar-refractivity contribution < 1.29 is 0 Å². The second-order valence-corrected chi connectivity index (χ2v) is 9.14. The topological polar surface area (TPSA) is 28.2 Å². The maximum absolute atomic E-state index is 6.46. The molecule has 158 valence electrons. The average molecular weight is 442 g/mol. The molecule has 0 spiro atoms. The first kappa shape index (κ1) is 21.4. The van der Waals surface area contributed by atoms with Gasteiger partial charge in [0.25, 0.3) is 0 Å². The average Bonchev–Trinajstić information content (AvgIpc) is 2.74. The van der Waals surface area contributed by atoms with Crippen molar-refractivity contribution in [1.29, 1.82) is 0 Å². The fourth-order valence-electron chi connectivity index (χ4n) is 4.53. The lowest BCUT2D eigenvalue weighted by molar-refractivity contribution is 0.185. The van der Waals surface area contributed by atoms with Crippen molar-refractivity contribution >= 4 is 28.9 Å². The molecule has 1 aromatic carbocycles. The van der Waals surface area contributed by atoms with E-state index >= 15 is 0 Å². The van der Waals surface area contributed by atoms with E-state index in [2.05, 4.69) is 47.3 Å². The molecule has 0 amide bonds. The number of fused-ring (bicyclic) bond motifs is 1. The molecule has 2 aromatic rings. The highest BCUT2D eigenvalue weighted by Crippen LogP contribution is 2.30. The Morgan fingerprint density at radius 2 is 2.10 bits per heavy atom. The van der Waals surface area contributed by atoms with E-state index in [1.54, 1.807) is 6.20 Å². The number of nitrogens with zero attached hydrogens (tertiary/aromatic N) is 2.